The summed E-state index contributed by atoms with van der Waals surface area (Å²) in [4.78, 5) is 15.4. The Kier molecular flexibility index (Phi) is 4.42. The molecule has 0 aliphatic rings. The molecule has 0 radical (unpaired) electrons. The Balaban J connectivity index is 2.86. The van der Waals surface area contributed by atoms with Crippen molar-refractivity contribution in [1.82, 2.24) is 10.3 Å². The number of pyridine rings is 1. The van der Waals surface area contributed by atoms with E-state index >= 15 is 0 Å². The molecule has 0 spiro atoms. The number of methoxy groups -OCH3 is 1. The molecule has 0 aromatic carbocycles. The number of hydrogen-bond acceptors (Lipinski definition) is 3. The second kappa shape index (κ2) is 5.42. The molecule has 0 aliphatic carbocycles. The zero-order valence-electron chi connectivity index (χ0n) is 9.88. The number of amides is 1. The summed E-state index contributed by atoms with van der Waals surface area (Å²) in [7, 11) is 1.53. The second-order valence-electron chi connectivity index (χ2n) is 4.26. The smallest absolute Gasteiger partial charge is 0.255 e. The molecule has 94 valence electrons. The first-order valence-corrected chi connectivity index (χ1v) is 5.36. The first kappa shape index (κ1) is 13.9. The van der Waals surface area contributed by atoms with Gasteiger partial charge in [-0.1, -0.05) is 11.6 Å². The van der Waals surface area contributed by atoms with E-state index in [1.165, 1.54) is 7.11 Å². The normalized spacial score (nSPS) is 11.4. The lowest BCUT2D eigenvalue weighted by molar-refractivity contribution is 0.0819. The summed E-state index contributed by atoms with van der Waals surface area (Å²) in [5.74, 6) is -1.09. The van der Waals surface area contributed by atoms with Crippen LogP contribution in [0, 0.1) is 5.82 Å². The molecule has 6 heteroatoms. The monoisotopic (exact) mass is 260 g/mol. The van der Waals surface area contributed by atoms with E-state index in [0.717, 1.165) is 12.3 Å². The van der Waals surface area contributed by atoms with Crippen molar-refractivity contribution in [1.29, 1.82) is 0 Å². The first-order chi connectivity index (χ1) is 7.85. The fraction of sp³-hybridized carbons (Fsp3) is 0.455. The Morgan fingerprint density at radius 3 is 2.88 bits per heavy atom. The Hall–Kier alpha value is -1.20. The van der Waals surface area contributed by atoms with Crippen molar-refractivity contribution in [3.63, 3.8) is 0 Å². The minimum atomic E-state index is -0.607. The van der Waals surface area contributed by atoms with E-state index < -0.39 is 17.3 Å². The van der Waals surface area contributed by atoms with Crippen molar-refractivity contribution in [2.75, 3.05) is 13.7 Å². The Morgan fingerprint density at radius 2 is 2.29 bits per heavy atom. The average molecular weight is 261 g/mol. The molecular weight excluding hydrogens is 247 g/mol. The molecular formula is C11H14ClFN2O2. The van der Waals surface area contributed by atoms with Crippen LogP contribution in [-0.2, 0) is 4.74 Å². The predicted molar refractivity (Wildman–Crippen MR) is 62.6 cm³/mol. The molecule has 0 bridgehead atoms. The van der Waals surface area contributed by atoms with Crippen LogP contribution in [0.4, 0.5) is 4.39 Å². The summed E-state index contributed by atoms with van der Waals surface area (Å²) in [6, 6.07) is 1.05. The van der Waals surface area contributed by atoms with Gasteiger partial charge in [0.2, 0.25) is 0 Å². The highest BCUT2D eigenvalue weighted by Gasteiger charge is 2.23. The van der Waals surface area contributed by atoms with Gasteiger partial charge in [0.1, 0.15) is 11.0 Å². The van der Waals surface area contributed by atoms with Crippen molar-refractivity contribution in [3.8, 4) is 0 Å². The lowest BCUT2D eigenvalue weighted by Gasteiger charge is -2.25. The predicted octanol–water partition coefficient (Wildman–Crippen LogP) is 2.03. The number of carbonyl (C=O) groups excluding carboxylic acids is 1. The van der Waals surface area contributed by atoms with Gasteiger partial charge >= 0.3 is 0 Å². The van der Waals surface area contributed by atoms with Crippen molar-refractivity contribution < 1.29 is 13.9 Å². The van der Waals surface area contributed by atoms with E-state index in [2.05, 4.69) is 10.3 Å². The van der Waals surface area contributed by atoms with Crippen LogP contribution in [-0.4, -0.2) is 30.1 Å². The zero-order valence-corrected chi connectivity index (χ0v) is 10.6. The zero-order chi connectivity index (χ0) is 13.1. The van der Waals surface area contributed by atoms with Crippen LogP contribution in [0.3, 0.4) is 0 Å². The molecule has 1 amide bonds. The third-order valence-electron chi connectivity index (χ3n) is 2.01. The topological polar surface area (TPSA) is 51.2 Å². The van der Waals surface area contributed by atoms with Gasteiger partial charge < -0.3 is 10.1 Å². The summed E-state index contributed by atoms with van der Waals surface area (Å²) in [6.45, 7) is 3.91. The third kappa shape index (κ3) is 3.94. The summed E-state index contributed by atoms with van der Waals surface area (Å²) in [5.41, 5.74) is -0.558. The molecule has 1 N–H and O–H groups in total. The molecule has 1 aromatic heterocycles. The van der Waals surface area contributed by atoms with Crippen LogP contribution in [0.5, 0.6) is 0 Å². The van der Waals surface area contributed by atoms with Gasteiger partial charge in [-0.2, -0.15) is 0 Å². The fourth-order valence-corrected chi connectivity index (χ4v) is 1.54. The molecule has 17 heavy (non-hydrogen) atoms. The molecule has 0 aliphatic heterocycles. The van der Waals surface area contributed by atoms with Crippen LogP contribution in [0.2, 0.25) is 5.15 Å². The van der Waals surface area contributed by atoms with Crippen molar-refractivity contribution in [2.45, 2.75) is 19.4 Å². The molecule has 0 atom stereocenters. The summed E-state index contributed by atoms with van der Waals surface area (Å²) >= 11 is 5.73. The summed E-state index contributed by atoms with van der Waals surface area (Å²) < 4.78 is 17.9. The highest BCUT2D eigenvalue weighted by atomic mass is 35.5. The van der Waals surface area contributed by atoms with Gasteiger partial charge in [-0.05, 0) is 19.9 Å². The lowest BCUT2D eigenvalue weighted by atomic mass is 10.1. The van der Waals surface area contributed by atoms with E-state index in [9.17, 15) is 9.18 Å². The van der Waals surface area contributed by atoms with Gasteiger partial charge in [0.05, 0.1) is 23.9 Å². The highest BCUT2D eigenvalue weighted by molar-refractivity contribution is 6.32. The SMILES string of the molecule is COCC(C)(C)NC(=O)c1cc(F)cnc1Cl. The maximum Gasteiger partial charge on any atom is 0.255 e. The molecule has 4 nitrogen and oxygen atoms in total. The van der Waals surface area contributed by atoms with Crippen molar-refractivity contribution >= 4 is 17.5 Å². The number of ether oxygens (including phenoxy) is 1. The van der Waals surface area contributed by atoms with Gasteiger partial charge in [0.15, 0.2) is 0 Å². The van der Waals surface area contributed by atoms with E-state index in [4.69, 9.17) is 16.3 Å². The summed E-state index contributed by atoms with van der Waals surface area (Å²) in [5, 5.41) is 2.66. The molecule has 0 fully saturated rings. The molecule has 0 saturated carbocycles. The van der Waals surface area contributed by atoms with Crippen molar-refractivity contribution in [3.05, 3.63) is 28.8 Å². The standard InChI is InChI=1S/C11H14ClFN2O2/c1-11(2,6-17-3)15-10(16)8-4-7(13)5-14-9(8)12/h4-5H,6H2,1-3H3,(H,15,16). The van der Waals surface area contributed by atoms with E-state index in [-0.39, 0.29) is 10.7 Å². The minimum absolute atomic E-state index is 0.0100. The fourth-order valence-electron chi connectivity index (χ4n) is 1.35. The van der Waals surface area contributed by atoms with E-state index in [1.54, 1.807) is 13.8 Å². The third-order valence-corrected chi connectivity index (χ3v) is 2.31. The van der Waals surface area contributed by atoms with Crippen LogP contribution in [0.1, 0.15) is 24.2 Å². The quantitative estimate of drug-likeness (QED) is 0.843. The number of nitrogens with zero attached hydrogens (tertiary/aromatic N) is 1. The van der Waals surface area contributed by atoms with E-state index in [1.807, 2.05) is 0 Å². The van der Waals surface area contributed by atoms with Gasteiger partial charge in [-0.25, -0.2) is 9.37 Å². The average Bonchev–Trinajstić information content (AvgIpc) is 2.20. The second-order valence-corrected chi connectivity index (χ2v) is 4.62. The number of halogens is 2. The lowest BCUT2D eigenvalue weighted by Crippen LogP contribution is -2.46. The highest BCUT2D eigenvalue weighted by Crippen LogP contribution is 2.15. The summed E-state index contributed by atoms with van der Waals surface area (Å²) in [6.07, 6.45) is 0.958. The van der Waals surface area contributed by atoms with Gasteiger partial charge in [-0.3, -0.25) is 4.79 Å². The van der Waals surface area contributed by atoms with Gasteiger partial charge in [-0.15, -0.1) is 0 Å². The first-order valence-electron chi connectivity index (χ1n) is 4.98. The number of nitrogens with one attached hydrogen (secondary N) is 1. The minimum Gasteiger partial charge on any atom is -0.382 e. The maximum atomic E-state index is 13.0. The van der Waals surface area contributed by atoms with Crippen LogP contribution in [0.25, 0.3) is 0 Å². The molecule has 1 heterocycles. The number of rotatable bonds is 4. The molecule has 0 unspecified atom stereocenters. The largest absolute Gasteiger partial charge is 0.382 e. The number of aromatic nitrogens is 1. The molecule has 0 saturated heterocycles. The molecule has 1 rings (SSSR count). The number of hydrogen-bond donors (Lipinski definition) is 1. The van der Waals surface area contributed by atoms with Crippen molar-refractivity contribution in [2.24, 2.45) is 0 Å². The maximum absolute atomic E-state index is 13.0. The Labute approximate surface area is 104 Å². The number of carbonyl (C=O) groups is 1. The van der Waals surface area contributed by atoms with Crippen LogP contribution >= 0.6 is 11.6 Å². The van der Waals surface area contributed by atoms with Crippen LogP contribution in [0.15, 0.2) is 12.3 Å². The Morgan fingerprint density at radius 1 is 1.65 bits per heavy atom. The van der Waals surface area contributed by atoms with Gasteiger partial charge in [0.25, 0.3) is 5.91 Å². The molecule has 1 aromatic rings. The Bertz CT molecular complexity index is 424. The van der Waals surface area contributed by atoms with E-state index in [0.29, 0.717) is 6.61 Å². The van der Waals surface area contributed by atoms with Gasteiger partial charge in [0, 0.05) is 7.11 Å². The van der Waals surface area contributed by atoms with Crippen LogP contribution < -0.4 is 5.32 Å².